The van der Waals surface area contributed by atoms with Crippen molar-refractivity contribution in [2.45, 2.75) is 32.6 Å². The molecule has 0 spiro atoms. The molecule has 1 aromatic carbocycles. The molecular formula is C11H17NO. The smallest absolute Gasteiger partial charge is 0.146 e. The van der Waals surface area contributed by atoms with E-state index in [4.69, 9.17) is 5.90 Å². The number of benzene rings is 1. The Labute approximate surface area is 79.7 Å². The Balaban J connectivity index is 2.92. The molecule has 0 heterocycles. The highest BCUT2D eigenvalue weighted by Crippen LogP contribution is 2.27. The summed E-state index contributed by atoms with van der Waals surface area (Å²) in [4.78, 5) is 4.62. The van der Waals surface area contributed by atoms with Crippen LogP contribution in [-0.4, -0.2) is 0 Å². The van der Waals surface area contributed by atoms with E-state index in [1.165, 1.54) is 5.56 Å². The molecule has 0 atom stereocenters. The van der Waals surface area contributed by atoms with Gasteiger partial charge in [0.25, 0.3) is 0 Å². The first-order valence-electron chi connectivity index (χ1n) is 4.57. The minimum atomic E-state index is 0.229. The molecule has 0 aliphatic rings. The maximum absolute atomic E-state index is 5.04. The van der Waals surface area contributed by atoms with Crippen molar-refractivity contribution in [1.29, 1.82) is 0 Å². The molecule has 1 rings (SSSR count). The van der Waals surface area contributed by atoms with E-state index in [-0.39, 0.29) is 5.41 Å². The van der Waals surface area contributed by atoms with Crippen molar-refractivity contribution in [1.82, 2.24) is 0 Å². The lowest BCUT2D eigenvalue weighted by atomic mass is 9.82. The average molecular weight is 179 g/mol. The fraction of sp³-hybridized carbons (Fsp3) is 0.455. The Morgan fingerprint density at radius 2 is 1.77 bits per heavy atom. The first-order valence-corrected chi connectivity index (χ1v) is 4.57. The van der Waals surface area contributed by atoms with Crippen LogP contribution in [0.3, 0.4) is 0 Å². The van der Waals surface area contributed by atoms with Gasteiger partial charge in [0.1, 0.15) is 5.75 Å². The van der Waals surface area contributed by atoms with Crippen molar-refractivity contribution in [3.63, 3.8) is 0 Å². The van der Waals surface area contributed by atoms with Gasteiger partial charge in [-0.2, -0.15) is 5.90 Å². The monoisotopic (exact) mass is 179 g/mol. The average Bonchev–Trinajstić information content (AvgIpc) is 2.18. The van der Waals surface area contributed by atoms with E-state index in [1.807, 2.05) is 12.1 Å². The topological polar surface area (TPSA) is 35.2 Å². The fourth-order valence-corrected chi connectivity index (χ4v) is 1.19. The Bertz CT molecular complexity index is 264. The van der Waals surface area contributed by atoms with Crippen LogP contribution in [0.5, 0.6) is 5.75 Å². The van der Waals surface area contributed by atoms with Crippen LogP contribution in [0.4, 0.5) is 0 Å². The van der Waals surface area contributed by atoms with Gasteiger partial charge in [-0.3, -0.25) is 0 Å². The molecule has 0 saturated carbocycles. The van der Waals surface area contributed by atoms with Crippen LogP contribution >= 0.6 is 0 Å². The summed E-state index contributed by atoms with van der Waals surface area (Å²) in [6.45, 7) is 6.64. The maximum atomic E-state index is 5.04. The summed E-state index contributed by atoms with van der Waals surface area (Å²) in [7, 11) is 0. The Morgan fingerprint density at radius 3 is 2.15 bits per heavy atom. The van der Waals surface area contributed by atoms with Crippen molar-refractivity contribution < 1.29 is 4.84 Å². The van der Waals surface area contributed by atoms with E-state index in [2.05, 4.69) is 37.7 Å². The van der Waals surface area contributed by atoms with Gasteiger partial charge in [-0.15, -0.1) is 0 Å². The van der Waals surface area contributed by atoms with Crippen molar-refractivity contribution in [2.75, 3.05) is 0 Å². The quantitative estimate of drug-likeness (QED) is 0.724. The van der Waals surface area contributed by atoms with Gasteiger partial charge in [-0.25, -0.2) is 0 Å². The molecule has 72 valence electrons. The van der Waals surface area contributed by atoms with Crippen molar-refractivity contribution in [3.05, 3.63) is 29.8 Å². The third kappa shape index (κ3) is 2.22. The number of rotatable bonds is 3. The molecule has 0 bridgehead atoms. The molecule has 13 heavy (non-hydrogen) atoms. The molecule has 0 saturated heterocycles. The summed E-state index contributed by atoms with van der Waals surface area (Å²) in [5.41, 5.74) is 1.54. The number of hydrogen-bond acceptors (Lipinski definition) is 2. The van der Waals surface area contributed by atoms with Crippen LogP contribution in [-0.2, 0) is 5.41 Å². The van der Waals surface area contributed by atoms with Crippen molar-refractivity contribution in [2.24, 2.45) is 5.90 Å². The van der Waals surface area contributed by atoms with Gasteiger partial charge in [0.05, 0.1) is 0 Å². The van der Waals surface area contributed by atoms with Crippen molar-refractivity contribution in [3.8, 4) is 5.75 Å². The normalized spacial score (nSPS) is 11.4. The van der Waals surface area contributed by atoms with E-state index in [0.717, 1.165) is 6.42 Å². The minimum absolute atomic E-state index is 0.229. The highest BCUT2D eigenvalue weighted by atomic mass is 16.6. The summed E-state index contributed by atoms with van der Waals surface area (Å²) < 4.78 is 0. The second-order valence-corrected chi connectivity index (χ2v) is 3.88. The molecule has 0 aliphatic heterocycles. The molecule has 1 aromatic rings. The maximum Gasteiger partial charge on any atom is 0.146 e. The summed E-state index contributed by atoms with van der Waals surface area (Å²) in [5.74, 6) is 5.75. The summed E-state index contributed by atoms with van der Waals surface area (Å²) in [6.07, 6.45) is 1.12. The van der Waals surface area contributed by atoms with Crippen LogP contribution in [0.25, 0.3) is 0 Å². The molecular weight excluding hydrogens is 162 g/mol. The highest BCUT2D eigenvalue weighted by Gasteiger charge is 2.17. The second-order valence-electron chi connectivity index (χ2n) is 3.88. The zero-order valence-corrected chi connectivity index (χ0v) is 8.50. The van der Waals surface area contributed by atoms with Crippen LogP contribution < -0.4 is 10.7 Å². The molecule has 0 aliphatic carbocycles. The van der Waals surface area contributed by atoms with Crippen LogP contribution in [0.15, 0.2) is 24.3 Å². The Kier molecular flexibility index (Phi) is 2.94. The van der Waals surface area contributed by atoms with Gasteiger partial charge in [0, 0.05) is 0 Å². The Morgan fingerprint density at radius 1 is 1.23 bits per heavy atom. The zero-order valence-electron chi connectivity index (χ0n) is 8.50. The molecule has 0 aromatic heterocycles. The minimum Gasteiger partial charge on any atom is -0.412 e. The van der Waals surface area contributed by atoms with Crippen LogP contribution in [0, 0.1) is 0 Å². The Hall–Kier alpha value is -1.02. The van der Waals surface area contributed by atoms with Gasteiger partial charge in [0.15, 0.2) is 0 Å². The standard InChI is InChI=1S/C11H17NO/c1-4-11(2,3)9-5-7-10(13-12)8-6-9/h5-8H,4,12H2,1-3H3. The van der Waals surface area contributed by atoms with Crippen molar-refractivity contribution >= 4 is 0 Å². The lowest BCUT2D eigenvalue weighted by Gasteiger charge is -2.23. The zero-order chi connectivity index (χ0) is 9.90. The SMILES string of the molecule is CCC(C)(C)c1ccc(ON)cc1. The van der Waals surface area contributed by atoms with Crippen LogP contribution in [0.1, 0.15) is 32.8 Å². The summed E-state index contributed by atoms with van der Waals surface area (Å²) >= 11 is 0. The summed E-state index contributed by atoms with van der Waals surface area (Å²) in [5, 5.41) is 0. The van der Waals surface area contributed by atoms with Gasteiger partial charge in [-0.1, -0.05) is 32.9 Å². The molecule has 2 heteroatoms. The molecule has 2 N–H and O–H groups in total. The third-order valence-corrected chi connectivity index (χ3v) is 2.66. The number of hydrogen-bond donors (Lipinski definition) is 1. The summed E-state index contributed by atoms with van der Waals surface area (Å²) in [6, 6.07) is 7.91. The van der Waals surface area contributed by atoms with E-state index in [9.17, 15) is 0 Å². The lowest BCUT2D eigenvalue weighted by molar-refractivity contribution is 0.334. The van der Waals surface area contributed by atoms with E-state index in [1.54, 1.807) is 0 Å². The lowest BCUT2D eigenvalue weighted by Crippen LogP contribution is -2.15. The number of nitrogens with two attached hydrogens (primary N) is 1. The third-order valence-electron chi connectivity index (χ3n) is 2.66. The fourth-order valence-electron chi connectivity index (χ4n) is 1.19. The highest BCUT2D eigenvalue weighted by molar-refractivity contribution is 5.31. The molecule has 2 nitrogen and oxygen atoms in total. The van der Waals surface area contributed by atoms with Gasteiger partial charge < -0.3 is 4.84 Å². The largest absolute Gasteiger partial charge is 0.412 e. The predicted molar refractivity (Wildman–Crippen MR) is 54.6 cm³/mol. The van der Waals surface area contributed by atoms with Gasteiger partial charge in [0.2, 0.25) is 0 Å². The molecule has 0 fully saturated rings. The predicted octanol–water partition coefficient (Wildman–Crippen LogP) is 2.63. The molecule has 0 radical (unpaired) electrons. The first-order chi connectivity index (χ1) is 6.10. The second kappa shape index (κ2) is 3.79. The van der Waals surface area contributed by atoms with E-state index in [0.29, 0.717) is 5.75 Å². The van der Waals surface area contributed by atoms with E-state index >= 15 is 0 Å². The van der Waals surface area contributed by atoms with Gasteiger partial charge >= 0.3 is 0 Å². The van der Waals surface area contributed by atoms with E-state index < -0.39 is 0 Å². The first kappa shape index (κ1) is 10.1. The molecule has 0 amide bonds. The van der Waals surface area contributed by atoms with Crippen LogP contribution in [0.2, 0.25) is 0 Å². The molecule has 0 unspecified atom stereocenters. The van der Waals surface area contributed by atoms with Gasteiger partial charge in [-0.05, 0) is 29.5 Å².